The van der Waals surface area contributed by atoms with Crippen LogP contribution in [-0.2, 0) is 14.4 Å². The number of likely N-dealkylation sites (tertiary alicyclic amines) is 1. The van der Waals surface area contributed by atoms with Crippen LogP contribution >= 0.6 is 11.8 Å². The van der Waals surface area contributed by atoms with Crippen LogP contribution in [0.1, 0.15) is 18.4 Å². The number of thioether (sulfide) groups is 1. The number of hydrogen-bond acceptors (Lipinski definition) is 5. The van der Waals surface area contributed by atoms with Crippen molar-refractivity contribution < 1.29 is 14.4 Å². The number of aromatic nitrogens is 1. The average molecular weight is 410 g/mol. The molecule has 0 saturated carbocycles. The van der Waals surface area contributed by atoms with Crippen molar-refractivity contribution >= 4 is 41.0 Å². The van der Waals surface area contributed by atoms with Crippen LogP contribution in [0.15, 0.2) is 47.5 Å². The van der Waals surface area contributed by atoms with Crippen LogP contribution in [0.2, 0.25) is 0 Å². The molecule has 0 radical (unpaired) electrons. The number of fused-ring (bicyclic) bond motifs is 1. The highest BCUT2D eigenvalue weighted by molar-refractivity contribution is 8.01. The summed E-state index contributed by atoms with van der Waals surface area (Å²) in [5.41, 5.74) is 1.49. The number of benzene rings is 1. The molecular weight excluding hydrogens is 388 g/mol. The van der Waals surface area contributed by atoms with Crippen molar-refractivity contribution in [2.24, 2.45) is 0 Å². The molecule has 0 unspecified atom stereocenters. The molecule has 1 aromatic heterocycles. The summed E-state index contributed by atoms with van der Waals surface area (Å²) in [6.45, 7) is 3.05. The minimum absolute atomic E-state index is 0.169. The van der Waals surface area contributed by atoms with Crippen LogP contribution in [0.25, 0.3) is 0 Å². The molecule has 8 heteroatoms. The lowest BCUT2D eigenvalue weighted by Gasteiger charge is -2.34. The maximum absolute atomic E-state index is 13.2. The summed E-state index contributed by atoms with van der Waals surface area (Å²) >= 11 is 1.27. The van der Waals surface area contributed by atoms with Gasteiger partial charge in [-0.15, -0.1) is 11.8 Å². The zero-order valence-electron chi connectivity index (χ0n) is 16.1. The lowest BCUT2D eigenvalue weighted by atomic mass is 10.2. The standard InChI is InChI=1S/C21H22N4O3S/c1-14-7-6-10-22-19(14)23-17(26)13-25-15-8-2-3-9-16(15)29-18(21(25)28)20(27)24-11-4-5-12-24/h2-3,6-10,18H,4-5,11-13H2,1H3,(H,22,23,26)/t18-/m0/s1. The van der Waals surface area contributed by atoms with Crippen molar-refractivity contribution in [3.63, 3.8) is 0 Å². The molecule has 0 spiro atoms. The zero-order valence-corrected chi connectivity index (χ0v) is 16.9. The minimum atomic E-state index is -0.854. The zero-order chi connectivity index (χ0) is 20.4. The molecule has 0 bridgehead atoms. The first-order chi connectivity index (χ1) is 14.0. The van der Waals surface area contributed by atoms with Gasteiger partial charge in [-0.1, -0.05) is 18.2 Å². The smallest absolute Gasteiger partial charge is 0.250 e. The molecule has 1 atom stereocenters. The SMILES string of the molecule is Cc1cccnc1NC(=O)CN1C(=O)[C@H](C(=O)N2CCCC2)Sc2ccccc21. The van der Waals surface area contributed by atoms with Gasteiger partial charge in [-0.25, -0.2) is 4.98 Å². The summed E-state index contributed by atoms with van der Waals surface area (Å²) in [6, 6.07) is 11.0. The Kier molecular flexibility index (Phi) is 5.53. The number of aryl methyl sites for hydroxylation is 1. The first-order valence-electron chi connectivity index (χ1n) is 9.62. The molecule has 7 nitrogen and oxygen atoms in total. The predicted molar refractivity (Wildman–Crippen MR) is 112 cm³/mol. The van der Waals surface area contributed by atoms with E-state index in [-0.39, 0.29) is 24.3 Å². The topological polar surface area (TPSA) is 82.6 Å². The molecule has 3 heterocycles. The number of hydrogen-bond donors (Lipinski definition) is 1. The molecule has 29 heavy (non-hydrogen) atoms. The average Bonchev–Trinajstić information content (AvgIpc) is 3.26. The second kappa shape index (κ2) is 8.24. The summed E-state index contributed by atoms with van der Waals surface area (Å²) in [4.78, 5) is 47.0. The van der Waals surface area contributed by atoms with Crippen LogP contribution in [0.5, 0.6) is 0 Å². The van der Waals surface area contributed by atoms with Gasteiger partial charge in [-0.05, 0) is 43.5 Å². The third kappa shape index (κ3) is 3.98. The van der Waals surface area contributed by atoms with Gasteiger partial charge in [0.15, 0.2) is 5.25 Å². The van der Waals surface area contributed by atoms with Gasteiger partial charge in [0.2, 0.25) is 11.8 Å². The molecule has 2 aliphatic rings. The van der Waals surface area contributed by atoms with E-state index in [4.69, 9.17) is 0 Å². The fraction of sp³-hybridized carbons (Fsp3) is 0.333. The highest BCUT2D eigenvalue weighted by Crippen LogP contribution is 2.40. The molecule has 1 saturated heterocycles. The third-order valence-corrected chi connectivity index (χ3v) is 6.34. The number of carbonyl (C=O) groups is 3. The fourth-order valence-corrected chi connectivity index (χ4v) is 4.76. The summed E-state index contributed by atoms with van der Waals surface area (Å²) in [5.74, 6) is -0.403. The van der Waals surface area contributed by atoms with Crippen LogP contribution < -0.4 is 10.2 Å². The summed E-state index contributed by atoms with van der Waals surface area (Å²) in [5, 5.41) is 1.91. The number of nitrogens with one attached hydrogen (secondary N) is 1. The van der Waals surface area contributed by atoms with E-state index in [2.05, 4.69) is 10.3 Å². The third-order valence-electron chi connectivity index (χ3n) is 5.10. The van der Waals surface area contributed by atoms with E-state index in [0.717, 1.165) is 23.3 Å². The number of para-hydroxylation sites is 1. The van der Waals surface area contributed by atoms with Crippen molar-refractivity contribution in [3.8, 4) is 0 Å². The molecule has 3 amide bonds. The van der Waals surface area contributed by atoms with E-state index in [1.165, 1.54) is 16.7 Å². The summed E-state index contributed by atoms with van der Waals surface area (Å²) in [7, 11) is 0. The van der Waals surface area contributed by atoms with Gasteiger partial charge in [0, 0.05) is 24.2 Å². The fourth-order valence-electron chi connectivity index (χ4n) is 3.57. The summed E-state index contributed by atoms with van der Waals surface area (Å²) < 4.78 is 0. The van der Waals surface area contributed by atoms with Crippen LogP contribution in [0.3, 0.4) is 0 Å². The van der Waals surface area contributed by atoms with E-state index in [1.54, 1.807) is 23.2 Å². The number of pyridine rings is 1. The van der Waals surface area contributed by atoms with Gasteiger partial charge in [0.05, 0.1) is 5.69 Å². The molecule has 1 aromatic carbocycles. The van der Waals surface area contributed by atoms with Gasteiger partial charge in [-0.3, -0.25) is 14.4 Å². The Labute approximate surface area is 173 Å². The normalized spacial score (nSPS) is 18.5. The van der Waals surface area contributed by atoms with Crippen LogP contribution in [0, 0.1) is 6.92 Å². The maximum atomic E-state index is 13.2. The van der Waals surface area contributed by atoms with Crippen LogP contribution in [-0.4, -0.2) is 52.5 Å². The van der Waals surface area contributed by atoms with E-state index in [0.29, 0.717) is 24.6 Å². The number of anilines is 2. The second-order valence-corrected chi connectivity index (χ2v) is 8.29. The quantitative estimate of drug-likeness (QED) is 0.783. The monoisotopic (exact) mass is 410 g/mol. The molecule has 1 fully saturated rings. The number of carbonyl (C=O) groups excluding carboxylic acids is 3. The molecular formula is C21H22N4O3S. The number of rotatable bonds is 4. The molecule has 0 aliphatic carbocycles. The van der Waals surface area contributed by atoms with Crippen molar-refractivity contribution in [2.45, 2.75) is 29.9 Å². The van der Waals surface area contributed by atoms with E-state index in [9.17, 15) is 14.4 Å². The molecule has 2 aromatic rings. The Balaban J connectivity index is 1.57. The Morgan fingerprint density at radius 2 is 1.93 bits per heavy atom. The minimum Gasteiger partial charge on any atom is -0.341 e. The Hall–Kier alpha value is -2.87. The van der Waals surface area contributed by atoms with Gasteiger partial charge < -0.3 is 15.1 Å². The van der Waals surface area contributed by atoms with Crippen LogP contribution in [0.4, 0.5) is 11.5 Å². The highest BCUT2D eigenvalue weighted by atomic mass is 32.2. The Morgan fingerprint density at radius 3 is 2.69 bits per heavy atom. The largest absolute Gasteiger partial charge is 0.341 e. The maximum Gasteiger partial charge on any atom is 0.250 e. The Bertz CT molecular complexity index is 958. The Morgan fingerprint density at radius 1 is 1.17 bits per heavy atom. The summed E-state index contributed by atoms with van der Waals surface area (Å²) in [6.07, 6.45) is 3.53. The van der Waals surface area contributed by atoms with Gasteiger partial charge >= 0.3 is 0 Å². The lowest BCUT2D eigenvalue weighted by molar-refractivity contribution is -0.134. The van der Waals surface area contributed by atoms with Gasteiger partial charge in [0.1, 0.15) is 12.4 Å². The first-order valence-corrected chi connectivity index (χ1v) is 10.5. The number of amides is 3. The molecule has 150 valence electrons. The van der Waals surface area contributed by atoms with E-state index < -0.39 is 5.25 Å². The van der Waals surface area contributed by atoms with Crippen molar-refractivity contribution in [2.75, 3.05) is 29.9 Å². The second-order valence-electron chi connectivity index (χ2n) is 7.14. The van der Waals surface area contributed by atoms with Gasteiger partial charge in [0.25, 0.3) is 5.91 Å². The predicted octanol–water partition coefficient (Wildman–Crippen LogP) is 2.46. The number of nitrogens with zero attached hydrogens (tertiary/aromatic N) is 3. The van der Waals surface area contributed by atoms with Gasteiger partial charge in [-0.2, -0.15) is 0 Å². The van der Waals surface area contributed by atoms with Crippen molar-refractivity contribution in [3.05, 3.63) is 48.2 Å². The molecule has 2 aliphatic heterocycles. The van der Waals surface area contributed by atoms with E-state index >= 15 is 0 Å². The molecule has 1 N–H and O–H groups in total. The highest BCUT2D eigenvalue weighted by Gasteiger charge is 2.41. The van der Waals surface area contributed by atoms with Crippen molar-refractivity contribution in [1.29, 1.82) is 0 Å². The van der Waals surface area contributed by atoms with E-state index in [1.807, 2.05) is 31.2 Å². The first kappa shape index (κ1) is 19.4. The molecule has 4 rings (SSSR count). The van der Waals surface area contributed by atoms with Crippen molar-refractivity contribution in [1.82, 2.24) is 9.88 Å². The lowest BCUT2D eigenvalue weighted by Crippen LogP contribution is -2.51.